The number of nitriles is 1. The molecule has 10 nitrogen and oxygen atoms in total. The van der Waals surface area contributed by atoms with Crippen LogP contribution in [0.25, 0.3) is 16.8 Å². The number of ether oxygens (including phenoxy) is 3. The van der Waals surface area contributed by atoms with Gasteiger partial charge in [0.1, 0.15) is 24.9 Å². The van der Waals surface area contributed by atoms with E-state index < -0.39 is 21.7 Å². The zero-order chi connectivity index (χ0) is 35.1. The second-order valence-electron chi connectivity index (χ2n) is 16.4. The number of hydrogen-bond donors (Lipinski definition) is 0. The number of benzene rings is 1. The molecule has 1 aliphatic heterocycles. The fourth-order valence-electron chi connectivity index (χ4n) is 5.48. The zero-order valence-electron chi connectivity index (χ0n) is 30.6. The molecule has 3 aromatic rings. The summed E-state index contributed by atoms with van der Waals surface area (Å²) in [4.78, 5) is 22.3. The van der Waals surface area contributed by atoms with Crippen LogP contribution in [0.2, 0.25) is 51.4 Å². The van der Waals surface area contributed by atoms with Crippen LogP contribution in [0.5, 0.6) is 0 Å². The normalized spacial score (nSPS) is 15.8. The Kier molecular flexibility index (Phi) is 12.5. The van der Waals surface area contributed by atoms with Crippen LogP contribution < -0.4 is 4.90 Å². The molecule has 0 radical (unpaired) electrons. The van der Waals surface area contributed by atoms with Gasteiger partial charge in [0.15, 0.2) is 5.65 Å². The maximum atomic E-state index is 13.1. The number of carbonyl (C=O) groups is 1. The highest BCUT2D eigenvalue weighted by Gasteiger charge is 2.30. The van der Waals surface area contributed by atoms with Crippen molar-refractivity contribution in [2.75, 3.05) is 44.7 Å². The Morgan fingerprint density at radius 1 is 1.02 bits per heavy atom. The summed E-state index contributed by atoms with van der Waals surface area (Å²) >= 11 is 0. The van der Waals surface area contributed by atoms with Crippen LogP contribution in [0.3, 0.4) is 0 Å². The number of amides is 1. The van der Waals surface area contributed by atoms with Gasteiger partial charge in [0.2, 0.25) is 0 Å². The number of aromatic nitrogens is 3. The first-order valence-electron chi connectivity index (χ1n) is 17.3. The van der Waals surface area contributed by atoms with E-state index in [1.54, 1.807) is 0 Å². The molecule has 2 aromatic heterocycles. The van der Waals surface area contributed by atoms with Crippen molar-refractivity contribution >= 4 is 33.7 Å². The number of rotatable bonds is 14. The van der Waals surface area contributed by atoms with E-state index in [0.717, 1.165) is 58.8 Å². The minimum atomic E-state index is -1.27. The van der Waals surface area contributed by atoms with E-state index in [4.69, 9.17) is 29.6 Å². The number of fused-ring (bicyclic) bond motifs is 1. The number of anilines is 1. The fraction of sp³-hybridized carbons (Fsp3) is 0.611. The predicted octanol–water partition coefficient (Wildman–Crippen LogP) is 8.01. The summed E-state index contributed by atoms with van der Waals surface area (Å²) in [5, 5.41) is 14.0. The van der Waals surface area contributed by atoms with Gasteiger partial charge >= 0.3 is 6.09 Å². The van der Waals surface area contributed by atoms with Crippen molar-refractivity contribution in [3.05, 3.63) is 47.8 Å². The molecular weight excluding hydrogens is 637 g/mol. The lowest BCUT2D eigenvalue weighted by atomic mass is 9.94. The first kappa shape index (κ1) is 37.6. The number of likely N-dealkylation sites (tertiary alicyclic amines) is 1. The van der Waals surface area contributed by atoms with Gasteiger partial charge in [0.25, 0.3) is 0 Å². The highest BCUT2D eigenvalue weighted by Crippen LogP contribution is 2.33. The van der Waals surface area contributed by atoms with Crippen LogP contribution in [-0.4, -0.2) is 87.1 Å². The van der Waals surface area contributed by atoms with E-state index in [0.29, 0.717) is 46.2 Å². The zero-order valence-corrected chi connectivity index (χ0v) is 32.6. The molecule has 0 saturated carbocycles. The molecule has 1 aromatic carbocycles. The van der Waals surface area contributed by atoms with Crippen LogP contribution in [0.15, 0.2) is 36.5 Å². The Hall–Kier alpha value is -3.25. The van der Waals surface area contributed by atoms with Crippen LogP contribution in [0, 0.1) is 11.3 Å². The Labute approximate surface area is 289 Å². The fourth-order valence-corrected chi connectivity index (χ4v) is 7.00. The summed E-state index contributed by atoms with van der Waals surface area (Å²) in [5.41, 5.74) is 3.93. The van der Waals surface area contributed by atoms with Gasteiger partial charge in [0, 0.05) is 60.0 Å². The van der Waals surface area contributed by atoms with Crippen LogP contribution in [-0.2, 0) is 20.6 Å². The highest BCUT2D eigenvalue weighted by molar-refractivity contribution is 6.76. The number of nitrogens with zero attached hydrogens (tertiary/aromatic N) is 6. The number of hydrogen-bond acceptors (Lipinski definition) is 8. The van der Waals surface area contributed by atoms with Crippen molar-refractivity contribution in [1.82, 2.24) is 19.5 Å². The smallest absolute Gasteiger partial charge is 0.410 e. The SMILES string of the molecule is CC(C)(C)OC(=O)N1CCCC(c2cc(N(COCC[Si](C)(C)C)COCC[Si](C)(C)C)n3ncc(-c4ccc(CC#N)cc4)c3n2)C1. The van der Waals surface area contributed by atoms with Crippen LogP contribution in [0.1, 0.15) is 50.8 Å². The second kappa shape index (κ2) is 16.0. The molecule has 1 atom stereocenters. The summed E-state index contributed by atoms with van der Waals surface area (Å²) in [7, 11) is -2.54. The standard InChI is InChI=1S/C36H56N6O4Si2/c1-36(2,3)46-35(43)40-18-10-11-30(25-40)32-23-33(41(26-44-19-21-47(4,5)6)27-45-20-22-48(7,8)9)42-34(39-32)31(24-38-42)29-14-12-28(13-15-29)16-17-37/h12-15,23-24,30H,10-11,16,18-22,25-27H2,1-9H3. The molecule has 1 amide bonds. The average Bonchev–Trinajstić information content (AvgIpc) is 3.43. The molecule has 0 N–H and O–H groups in total. The van der Waals surface area contributed by atoms with E-state index >= 15 is 0 Å². The Morgan fingerprint density at radius 2 is 1.65 bits per heavy atom. The third-order valence-electron chi connectivity index (χ3n) is 8.32. The van der Waals surface area contributed by atoms with Gasteiger partial charge in [-0.15, -0.1) is 0 Å². The maximum Gasteiger partial charge on any atom is 0.410 e. The minimum Gasteiger partial charge on any atom is -0.444 e. The van der Waals surface area contributed by atoms with Crippen molar-refractivity contribution in [3.63, 3.8) is 0 Å². The Morgan fingerprint density at radius 3 is 2.21 bits per heavy atom. The van der Waals surface area contributed by atoms with Gasteiger partial charge < -0.3 is 24.0 Å². The molecule has 48 heavy (non-hydrogen) atoms. The van der Waals surface area contributed by atoms with Crippen LogP contribution >= 0.6 is 0 Å². The van der Waals surface area contributed by atoms with Gasteiger partial charge in [0.05, 0.1) is 24.4 Å². The molecule has 1 saturated heterocycles. The number of carbonyl (C=O) groups excluding carboxylic acids is 1. The van der Waals surface area contributed by atoms with E-state index in [1.807, 2.05) is 60.6 Å². The van der Waals surface area contributed by atoms with E-state index in [9.17, 15) is 4.79 Å². The van der Waals surface area contributed by atoms with Gasteiger partial charge in [-0.1, -0.05) is 63.5 Å². The van der Waals surface area contributed by atoms with Crippen molar-refractivity contribution in [3.8, 4) is 17.2 Å². The lowest BCUT2D eigenvalue weighted by Crippen LogP contribution is -2.42. The third-order valence-corrected chi connectivity index (χ3v) is 11.7. The molecular formula is C36H56N6O4Si2. The Bertz CT molecular complexity index is 1530. The average molecular weight is 693 g/mol. The molecule has 0 spiro atoms. The molecule has 1 fully saturated rings. The summed E-state index contributed by atoms with van der Waals surface area (Å²) in [6.07, 6.45) is 3.71. The monoisotopic (exact) mass is 692 g/mol. The molecule has 3 heterocycles. The molecule has 1 aliphatic rings. The maximum absolute atomic E-state index is 13.1. The lowest BCUT2D eigenvalue weighted by Gasteiger charge is -2.34. The molecule has 4 rings (SSSR count). The summed E-state index contributed by atoms with van der Waals surface area (Å²) < 4.78 is 20.3. The largest absolute Gasteiger partial charge is 0.444 e. The first-order chi connectivity index (χ1) is 22.5. The third kappa shape index (κ3) is 11.2. The van der Waals surface area contributed by atoms with E-state index in [-0.39, 0.29) is 12.0 Å². The summed E-state index contributed by atoms with van der Waals surface area (Å²) in [5.74, 6) is 0.871. The molecule has 262 valence electrons. The van der Waals surface area contributed by atoms with E-state index in [1.165, 1.54) is 0 Å². The van der Waals surface area contributed by atoms with Gasteiger partial charge in [-0.3, -0.25) is 0 Å². The molecule has 1 unspecified atom stereocenters. The van der Waals surface area contributed by atoms with Crippen molar-refractivity contribution < 1.29 is 19.0 Å². The predicted molar refractivity (Wildman–Crippen MR) is 198 cm³/mol. The van der Waals surface area contributed by atoms with Crippen molar-refractivity contribution in [2.24, 2.45) is 0 Å². The lowest BCUT2D eigenvalue weighted by molar-refractivity contribution is 0.0197. The highest BCUT2D eigenvalue weighted by atomic mass is 28.3. The molecule has 0 aliphatic carbocycles. The summed E-state index contributed by atoms with van der Waals surface area (Å²) in [6.45, 7) is 23.1. The summed E-state index contributed by atoms with van der Waals surface area (Å²) in [6, 6.07) is 14.5. The Balaban J connectivity index is 1.74. The molecule has 0 bridgehead atoms. The second-order valence-corrected chi connectivity index (χ2v) is 27.6. The van der Waals surface area contributed by atoms with Crippen LogP contribution in [0.4, 0.5) is 10.6 Å². The van der Waals surface area contributed by atoms with Crippen molar-refractivity contribution in [2.45, 2.75) is 103 Å². The minimum absolute atomic E-state index is 0.0261. The van der Waals surface area contributed by atoms with E-state index in [2.05, 4.69) is 56.3 Å². The first-order valence-corrected chi connectivity index (χ1v) is 24.7. The number of piperidine rings is 1. The van der Waals surface area contributed by atoms with Crippen molar-refractivity contribution in [1.29, 1.82) is 5.26 Å². The topological polar surface area (TPSA) is 105 Å². The van der Waals surface area contributed by atoms with Gasteiger partial charge in [-0.05, 0) is 56.8 Å². The van der Waals surface area contributed by atoms with Gasteiger partial charge in [-0.25, -0.2) is 9.78 Å². The van der Waals surface area contributed by atoms with Gasteiger partial charge in [-0.2, -0.15) is 14.9 Å². The molecule has 12 heteroatoms. The quantitative estimate of drug-likeness (QED) is 0.0951.